The van der Waals surface area contributed by atoms with Gasteiger partial charge in [-0.05, 0) is 48.9 Å². The van der Waals surface area contributed by atoms with Gasteiger partial charge in [-0.1, -0.05) is 19.9 Å². The molecule has 2 aromatic carbocycles. The maximum atomic E-state index is 13.7. The van der Waals surface area contributed by atoms with Crippen molar-refractivity contribution < 1.29 is 17.6 Å². The molecule has 2 aromatic rings. The molecule has 0 fully saturated rings. The van der Waals surface area contributed by atoms with Gasteiger partial charge in [-0.2, -0.15) is 4.31 Å². The molecule has 0 saturated carbocycles. The second-order valence-electron chi connectivity index (χ2n) is 5.55. The number of carbonyl (C=O) groups excluding carboxylic acids is 1. The number of hydrogen-bond donors (Lipinski definition) is 1. The van der Waals surface area contributed by atoms with Crippen LogP contribution in [0.1, 0.15) is 29.8 Å². The Balaban J connectivity index is 2.22. The average Bonchev–Trinajstić information content (AvgIpc) is 2.59. The molecule has 7 heteroatoms. The Morgan fingerprint density at radius 3 is 2.24 bits per heavy atom. The predicted molar refractivity (Wildman–Crippen MR) is 95.6 cm³/mol. The highest BCUT2D eigenvalue weighted by molar-refractivity contribution is 7.89. The van der Waals surface area contributed by atoms with Crippen LogP contribution in [0.3, 0.4) is 0 Å². The Morgan fingerprint density at radius 1 is 1.08 bits per heavy atom. The first kappa shape index (κ1) is 19.1. The molecule has 0 spiro atoms. The van der Waals surface area contributed by atoms with Crippen molar-refractivity contribution in [3.05, 3.63) is 59.4 Å². The van der Waals surface area contributed by atoms with E-state index in [0.717, 1.165) is 5.56 Å². The highest BCUT2D eigenvalue weighted by Crippen LogP contribution is 2.19. The molecule has 1 N–H and O–H groups in total. The zero-order chi connectivity index (χ0) is 18.6. The summed E-state index contributed by atoms with van der Waals surface area (Å²) in [4.78, 5) is 12.4. The van der Waals surface area contributed by atoms with E-state index in [1.165, 1.54) is 40.7 Å². The maximum Gasteiger partial charge on any atom is 0.255 e. The van der Waals surface area contributed by atoms with E-state index in [1.807, 2.05) is 0 Å². The van der Waals surface area contributed by atoms with E-state index >= 15 is 0 Å². The normalized spacial score (nSPS) is 11.6. The third-order valence-corrected chi connectivity index (χ3v) is 5.89. The quantitative estimate of drug-likeness (QED) is 0.854. The molecule has 0 saturated heterocycles. The molecule has 0 heterocycles. The summed E-state index contributed by atoms with van der Waals surface area (Å²) >= 11 is 0. The third-order valence-electron chi connectivity index (χ3n) is 3.83. The van der Waals surface area contributed by atoms with Crippen molar-refractivity contribution in [3.63, 3.8) is 0 Å². The number of aryl methyl sites for hydroxylation is 1. The van der Waals surface area contributed by atoms with E-state index < -0.39 is 21.7 Å². The number of sulfonamides is 1. The summed E-state index contributed by atoms with van der Waals surface area (Å²) in [7, 11) is -3.57. The van der Waals surface area contributed by atoms with Crippen LogP contribution in [-0.2, 0) is 10.0 Å². The van der Waals surface area contributed by atoms with Crippen LogP contribution in [0.2, 0.25) is 0 Å². The molecule has 0 aliphatic carbocycles. The smallest absolute Gasteiger partial charge is 0.255 e. The van der Waals surface area contributed by atoms with Gasteiger partial charge in [-0.15, -0.1) is 0 Å². The number of halogens is 1. The van der Waals surface area contributed by atoms with Crippen LogP contribution in [0.4, 0.5) is 10.1 Å². The molecule has 0 aromatic heterocycles. The monoisotopic (exact) mass is 364 g/mol. The minimum Gasteiger partial charge on any atom is -0.319 e. The molecular formula is C18H21FN2O3S. The van der Waals surface area contributed by atoms with Gasteiger partial charge in [0.1, 0.15) is 5.82 Å². The van der Waals surface area contributed by atoms with Gasteiger partial charge in [0.05, 0.1) is 10.6 Å². The second kappa shape index (κ2) is 7.76. The lowest BCUT2D eigenvalue weighted by Crippen LogP contribution is -2.30. The van der Waals surface area contributed by atoms with Crippen LogP contribution >= 0.6 is 0 Å². The Morgan fingerprint density at radius 2 is 1.68 bits per heavy atom. The van der Waals surface area contributed by atoms with E-state index in [9.17, 15) is 17.6 Å². The first-order valence-corrected chi connectivity index (χ1v) is 9.41. The van der Waals surface area contributed by atoms with Gasteiger partial charge in [0.25, 0.3) is 5.91 Å². The minimum absolute atomic E-state index is 0.0878. The van der Waals surface area contributed by atoms with Gasteiger partial charge in [-0.25, -0.2) is 12.8 Å². The van der Waals surface area contributed by atoms with Crippen LogP contribution in [0.15, 0.2) is 47.4 Å². The van der Waals surface area contributed by atoms with Gasteiger partial charge in [0, 0.05) is 18.7 Å². The molecule has 0 bridgehead atoms. The van der Waals surface area contributed by atoms with Gasteiger partial charge in [-0.3, -0.25) is 4.79 Å². The van der Waals surface area contributed by atoms with Crippen LogP contribution in [0, 0.1) is 12.7 Å². The highest BCUT2D eigenvalue weighted by atomic mass is 32.2. The number of hydrogen-bond acceptors (Lipinski definition) is 3. The second-order valence-corrected chi connectivity index (χ2v) is 7.49. The lowest BCUT2D eigenvalue weighted by Gasteiger charge is -2.18. The van der Waals surface area contributed by atoms with Gasteiger partial charge in [0.2, 0.25) is 10.0 Å². The first-order chi connectivity index (χ1) is 11.8. The van der Waals surface area contributed by atoms with Crippen molar-refractivity contribution in [2.24, 2.45) is 0 Å². The summed E-state index contributed by atoms with van der Waals surface area (Å²) in [6.07, 6.45) is 0. The fourth-order valence-corrected chi connectivity index (χ4v) is 3.88. The van der Waals surface area contributed by atoms with Crippen molar-refractivity contribution >= 4 is 21.6 Å². The number of nitrogens with zero attached hydrogens (tertiary/aromatic N) is 1. The maximum absolute atomic E-state index is 13.7. The van der Waals surface area contributed by atoms with Crippen molar-refractivity contribution in [1.82, 2.24) is 4.31 Å². The van der Waals surface area contributed by atoms with Gasteiger partial charge < -0.3 is 5.32 Å². The molecule has 0 radical (unpaired) electrons. The van der Waals surface area contributed by atoms with E-state index in [4.69, 9.17) is 0 Å². The highest BCUT2D eigenvalue weighted by Gasteiger charge is 2.21. The zero-order valence-corrected chi connectivity index (χ0v) is 15.2. The lowest BCUT2D eigenvalue weighted by molar-refractivity contribution is 0.102. The van der Waals surface area contributed by atoms with Gasteiger partial charge >= 0.3 is 0 Å². The molecule has 1 amide bonds. The van der Waals surface area contributed by atoms with E-state index in [2.05, 4.69) is 5.32 Å². The Kier molecular flexibility index (Phi) is 5.92. The van der Waals surface area contributed by atoms with Crippen LogP contribution in [-0.4, -0.2) is 31.7 Å². The van der Waals surface area contributed by atoms with Crippen LogP contribution in [0.5, 0.6) is 0 Å². The topological polar surface area (TPSA) is 66.5 Å². The number of carbonyl (C=O) groups is 1. The zero-order valence-electron chi connectivity index (χ0n) is 14.4. The summed E-state index contributed by atoms with van der Waals surface area (Å²) < 4.78 is 39.9. The molecule has 0 unspecified atom stereocenters. The summed E-state index contributed by atoms with van der Waals surface area (Å²) in [5.74, 6) is -1.03. The molecule has 5 nitrogen and oxygen atoms in total. The fraction of sp³-hybridized carbons (Fsp3) is 0.278. The molecule has 0 atom stereocenters. The standard InChI is InChI=1S/C18H21FN2O3S/c1-4-21(5-2)25(23,24)15-9-7-14(8-10-15)18(22)20-17-12-13(3)6-11-16(17)19/h6-12H,4-5H2,1-3H3,(H,20,22). The number of nitrogens with one attached hydrogen (secondary N) is 1. The average molecular weight is 364 g/mol. The third kappa shape index (κ3) is 4.24. The van der Waals surface area contributed by atoms with E-state index in [1.54, 1.807) is 26.8 Å². The lowest BCUT2D eigenvalue weighted by atomic mass is 10.2. The Labute approximate surface area is 147 Å². The van der Waals surface area contributed by atoms with Crippen LogP contribution in [0.25, 0.3) is 0 Å². The Bertz CT molecular complexity index is 860. The molecule has 0 aliphatic heterocycles. The summed E-state index contributed by atoms with van der Waals surface area (Å²) in [6.45, 7) is 6.06. The predicted octanol–water partition coefficient (Wildman–Crippen LogP) is 3.42. The minimum atomic E-state index is -3.57. The van der Waals surface area contributed by atoms with Crippen molar-refractivity contribution in [2.75, 3.05) is 18.4 Å². The number of amides is 1. The molecular weight excluding hydrogens is 343 g/mol. The molecule has 0 aliphatic rings. The number of rotatable bonds is 6. The largest absolute Gasteiger partial charge is 0.319 e. The van der Waals surface area contributed by atoms with Crippen molar-refractivity contribution in [2.45, 2.75) is 25.7 Å². The number of anilines is 1. The molecule has 2 rings (SSSR count). The van der Waals surface area contributed by atoms with Gasteiger partial charge in [0.15, 0.2) is 0 Å². The van der Waals surface area contributed by atoms with Crippen molar-refractivity contribution in [1.29, 1.82) is 0 Å². The summed E-state index contributed by atoms with van der Waals surface area (Å²) in [5, 5.41) is 2.50. The SMILES string of the molecule is CCN(CC)S(=O)(=O)c1ccc(C(=O)Nc2cc(C)ccc2F)cc1. The van der Waals surface area contributed by atoms with E-state index in [0.29, 0.717) is 13.1 Å². The molecule has 25 heavy (non-hydrogen) atoms. The van der Waals surface area contributed by atoms with Crippen LogP contribution < -0.4 is 5.32 Å². The summed E-state index contributed by atoms with van der Waals surface area (Å²) in [5.41, 5.74) is 1.15. The first-order valence-electron chi connectivity index (χ1n) is 7.97. The van der Waals surface area contributed by atoms with Crippen molar-refractivity contribution in [3.8, 4) is 0 Å². The molecule has 134 valence electrons. The fourth-order valence-electron chi connectivity index (χ4n) is 2.42. The van der Waals surface area contributed by atoms with E-state index in [-0.39, 0.29) is 16.1 Å². The number of benzene rings is 2. The Hall–Kier alpha value is -2.25. The summed E-state index contributed by atoms with van der Waals surface area (Å²) in [6, 6.07) is 10.0.